The van der Waals surface area contributed by atoms with Crippen LogP contribution in [0.5, 0.6) is 5.75 Å². The van der Waals surface area contributed by atoms with Crippen molar-refractivity contribution < 1.29 is 9.53 Å². The van der Waals surface area contributed by atoms with Crippen LogP contribution in [-0.2, 0) is 0 Å². The number of likely N-dealkylation sites (tertiary alicyclic amines) is 1. The van der Waals surface area contributed by atoms with E-state index >= 15 is 0 Å². The molecule has 0 spiro atoms. The Kier molecular flexibility index (Phi) is 6.06. The fourth-order valence-corrected chi connectivity index (χ4v) is 2.82. The molecule has 1 heterocycles. The van der Waals surface area contributed by atoms with Gasteiger partial charge >= 0.3 is 0 Å². The number of hydrogen-bond acceptors (Lipinski definition) is 3. The van der Waals surface area contributed by atoms with Gasteiger partial charge in [0.05, 0.1) is 7.11 Å². The first-order chi connectivity index (χ1) is 11.4. The lowest BCUT2D eigenvalue weighted by atomic mass is 9.93. The van der Waals surface area contributed by atoms with Gasteiger partial charge in [0.1, 0.15) is 5.75 Å². The topological polar surface area (TPSA) is 66.0 Å². The minimum absolute atomic E-state index is 0.0863. The van der Waals surface area contributed by atoms with Crippen molar-refractivity contribution in [2.45, 2.75) is 20.3 Å². The lowest BCUT2D eigenvalue weighted by Gasteiger charge is -2.23. The largest absolute Gasteiger partial charge is 0.497 e. The van der Waals surface area contributed by atoms with Crippen molar-refractivity contribution in [3.63, 3.8) is 0 Å². The Balaban J connectivity index is 1.74. The molecule has 0 unspecified atom stereocenters. The highest BCUT2D eigenvalue weighted by Gasteiger charge is 2.30. The Bertz CT molecular complexity index is 581. The monoisotopic (exact) mass is 332 g/mol. The second kappa shape index (κ2) is 8.04. The second-order valence-electron chi connectivity index (χ2n) is 6.79. The Morgan fingerprint density at radius 1 is 1.25 bits per heavy atom. The number of methoxy groups -OCH3 is 1. The van der Waals surface area contributed by atoms with E-state index in [-0.39, 0.29) is 5.91 Å². The first-order valence-corrected chi connectivity index (χ1v) is 8.33. The predicted octanol–water partition coefficient (Wildman–Crippen LogP) is 1.73. The van der Waals surface area contributed by atoms with E-state index in [0.717, 1.165) is 24.8 Å². The van der Waals surface area contributed by atoms with E-state index in [1.54, 1.807) is 38.4 Å². The predicted molar refractivity (Wildman–Crippen MR) is 96.7 cm³/mol. The molecule has 0 saturated carbocycles. The molecule has 2 rings (SSSR count). The third kappa shape index (κ3) is 4.88. The van der Waals surface area contributed by atoms with Gasteiger partial charge in [-0.25, -0.2) is 0 Å². The summed E-state index contributed by atoms with van der Waals surface area (Å²) < 4.78 is 5.09. The molecule has 2 N–H and O–H groups in total. The van der Waals surface area contributed by atoms with E-state index in [1.165, 1.54) is 6.42 Å². The zero-order valence-electron chi connectivity index (χ0n) is 15.1. The first kappa shape index (κ1) is 18.1. The number of amides is 1. The van der Waals surface area contributed by atoms with Gasteiger partial charge in [-0.05, 0) is 36.1 Å². The molecule has 0 bridgehead atoms. The van der Waals surface area contributed by atoms with E-state index in [0.29, 0.717) is 24.1 Å². The minimum Gasteiger partial charge on any atom is -0.497 e. The molecule has 0 aromatic heterocycles. The van der Waals surface area contributed by atoms with E-state index < -0.39 is 0 Å². The van der Waals surface area contributed by atoms with Crippen molar-refractivity contribution in [2.24, 2.45) is 10.4 Å². The number of benzene rings is 1. The van der Waals surface area contributed by atoms with E-state index in [4.69, 9.17) is 4.74 Å². The molecule has 6 nitrogen and oxygen atoms in total. The third-order valence-electron chi connectivity index (χ3n) is 4.23. The van der Waals surface area contributed by atoms with Crippen molar-refractivity contribution >= 4 is 11.9 Å². The highest BCUT2D eigenvalue weighted by Crippen LogP contribution is 2.28. The van der Waals surface area contributed by atoms with Gasteiger partial charge in [0, 0.05) is 38.8 Å². The molecular formula is C18H28N4O2. The van der Waals surface area contributed by atoms with Crippen molar-refractivity contribution in [2.75, 3.05) is 40.3 Å². The third-order valence-corrected chi connectivity index (χ3v) is 4.23. The molecule has 0 aliphatic carbocycles. The summed E-state index contributed by atoms with van der Waals surface area (Å²) in [6.45, 7) is 7.76. The standard InChI is InChI=1S/C18H28N4O2/c1-18(2)9-12-22(13-18)17(19-3)21-11-10-20-16(23)14-5-7-15(24-4)8-6-14/h5-8H,9-13H2,1-4H3,(H,19,21)(H,20,23). The van der Waals surface area contributed by atoms with Crippen LogP contribution in [0.4, 0.5) is 0 Å². The van der Waals surface area contributed by atoms with E-state index in [1.807, 2.05) is 0 Å². The summed E-state index contributed by atoms with van der Waals surface area (Å²) in [6.07, 6.45) is 1.17. The van der Waals surface area contributed by atoms with Crippen molar-refractivity contribution in [3.05, 3.63) is 29.8 Å². The van der Waals surface area contributed by atoms with Crippen LogP contribution in [0.25, 0.3) is 0 Å². The summed E-state index contributed by atoms with van der Waals surface area (Å²) in [6, 6.07) is 7.08. The number of carbonyl (C=O) groups excluding carboxylic acids is 1. The summed E-state index contributed by atoms with van der Waals surface area (Å²) in [4.78, 5) is 18.7. The number of carbonyl (C=O) groups is 1. The van der Waals surface area contributed by atoms with Gasteiger partial charge in [-0.2, -0.15) is 0 Å². The van der Waals surface area contributed by atoms with Crippen LogP contribution in [0, 0.1) is 5.41 Å². The van der Waals surface area contributed by atoms with Crippen LogP contribution in [-0.4, -0.2) is 57.1 Å². The van der Waals surface area contributed by atoms with E-state index in [9.17, 15) is 4.79 Å². The fourth-order valence-electron chi connectivity index (χ4n) is 2.82. The minimum atomic E-state index is -0.0863. The number of ether oxygens (including phenoxy) is 1. The van der Waals surface area contributed by atoms with Gasteiger partial charge < -0.3 is 20.3 Å². The summed E-state index contributed by atoms with van der Waals surface area (Å²) in [5.74, 6) is 1.56. The Labute approximate surface area is 144 Å². The first-order valence-electron chi connectivity index (χ1n) is 8.33. The van der Waals surface area contributed by atoms with Crippen LogP contribution in [0.1, 0.15) is 30.6 Å². The Hall–Kier alpha value is -2.24. The molecular weight excluding hydrogens is 304 g/mol. The SMILES string of the molecule is CN=C(NCCNC(=O)c1ccc(OC)cc1)N1CCC(C)(C)C1. The molecule has 1 amide bonds. The number of nitrogens with one attached hydrogen (secondary N) is 2. The van der Waals surface area contributed by atoms with Gasteiger partial charge in [0.15, 0.2) is 5.96 Å². The summed E-state index contributed by atoms with van der Waals surface area (Å²) >= 11 is 0. The van der Waals surface area contributed by atoms with Gasteiger partial charge in [0.2, 0.25) is 0 Å². The van der Waals surface area contributed by atoms with Crippen LogP contribution in [0.2, 0.25) is 0 Å². The number of hydrogen-bond donors (Lipinski definition) is 2. The molecule has 1 aliphatic heterocycles. The van der Waals surface area contributed by atoms with E-state index in [2.05, 4.69) is 34.4 Å². The normalized spacial score (nSPS) is 16.8. The Morgan fingerprint density at radius 2 is 1.92 bits per heavy atom. The highest BCUT2D eigenvalue weighted by atomic mass is 16.5. The Morgan fingerprint density at radius 3 is 2.46 bits per heavy atom. The zero-order valence-corrected chi connectivity index (χ0v) is 15.1. The molecule has 1 saturated heterocycles. The maximum absolute atomic E-state index is 12.1. The average Bonchev–Trinajstić information content (AvgIpc) is 2.94. The maximum atomic E-state index is 12.1. The molecule has 0 radical (unpaired) electrons. The average molecular weight is 332 g/mol. The molecule has 132 valence electrons. The summed E-state index contributed by atoms with van der Waals surface area (Å²) in [7, 11) is 3.40. The molecule has 6 heteroatoms. The van der Waals surface area contributed by atoms with Gasteiger partial charge in [-0.15, -0.1) is 0 Å². The number of nitrogens with zero attached hydrogens (tertiary/aromatic N) is 2. The quantitative estimate of drug-likeness (QED) is 0.490. The smallest absolute Gasteiger partial charge is 0.251 e. The number of guanidine groups is 1. The number of rotatable bonds is 5. The van der Waals surface area contributed by atoms with Crippen molar-refractivity contribution in [1.82, 2.24) is 15.5 Å². The van der Waals surface area contributed by atoms with Gasteiger partial charge in [-0.1, -0.05) is 13.8 Å². The molecule has 1 aromatic carbocycles. The molecule has 0 atom stereocenters. The lowest BCUT2D eigenvalue weighted by Crippen LogP contribution is -2.43. The lowest BCUT2D eigenvalue weighted by molar-refractivity contribution is 0.0954. The van der Waals surface area contributed by atoms with Crippen molar-refractivity contribution in [3.8, 4) is 5.75 Å². The van der Waals surface area contributed by atoms with Crippen LogP contribution < -0.4 is 15.4 Å². The molecule has 24 heavy (non-hydrogen) atoms. The fraction of sp³-hybridized carbons (Fsp3) is 0.556. The second-order valence-corrected chi connectivity index (χ2v) is 6.79. The molecule has 1 aromatic rings. The zero-order chi connectivity index (χ0) is 17.6. The molecule has 1 aliphatic rings. The van der Waals surface area contributed by atoms with Gasteiger partial charge in [-0.3, -0.25) is 9.79 Å². The van der Waals surface area contributed by atoms with Crippen molar-refractivity contribution in [1.29, 1.82) is 0 Å². The van der Waals surface area contributed by atoms with Gasteiger partial charge in [0.25, 0.3) is 5.91 Å². The number of aliphatic imine (C=N–C) groups is 1. The van der Waals surface area contributed by atoms with Crippen LogP contribution >= 0.6 is 0 Å². The molecule has 1 fully saturated rings. The summed E-state index contributed by atoms with van der Waals surface area (Å²) in [5, 5.41) is 6.22. The highest BCUT2D eigenvalue weighted by molar-refractivity contribution is 5.94. The van der Waals surface area contributed by atoms with Crippen LogP contribution in [0.15, 0.2) is 29.3 Å². The van der Waals surface area contributed by atoms with Crippen LogP contribution in [0.3, 0.4) is 0 Å². The maximum Gasteiger partial charge on any atom is 0.251 e. The summed E-state index contributed by atoms with van der Waals surface area (Å²) in [5.41, 5.74) is 0.960.